The smallest absolute Gasteiger partial charge is 0.225 e. The van der Waals surface area contributed by atoms with Crippen molar-refractivity contribution >= 4 is 17.3 Å². The zero-order valence-corrected chi connectivity index (χ0v) is 17.6. The van der Waals surface area contributed by atoms with Crippen molar-refractivity contribution < 1.29 is 9.69 Å². The van der Waals surface area contributed by atoms with Crippen LogP contribution in [-0.2, 0) is 4.79 Å². The van der Waals surface area contributed by atoms with E-state index in [1.165, 1.54) is 0 Å². The van der Waals surface area contributed by atoms with E-state index >= 15 is 0 Å². The van der Waals surface area contributed by atoms with Crippen molar-refractivity contribution in [3.05, 3.63) is 96.1 Å². The normalized spacial score (nSPS) is 14.7. The highest BCUT2D eigenvalue weighted by atomic mass is 16.1. The highest BCUT2D eigenvalue weighted by Crippen LogP contribution is 2.30. The Morgan fingerprint density at radius 1 is 0.867 bits per heavy atom. The Kier molecular flexibility index (Phi) is 6.45. The second-order valence-electron chi connectivity index (χ2n) is 8.09. The maximum Gasteiger partial charge on any atom is 0.225 e. The number of benzene rings is 3. The number of carbonyl (C=O) groups is 1. The minimum absolute atomic E-state index is 0.0341. The molecule has 1 heterocycles. The fourth-order valence-electron chi connectivity index (χ4n) is 4.17. The molecule has 30 heavy (non-hydrogen) atoms. The van der Waals surface area contributed by atoms with Crippen molar-refractivity contribution in [1.29, 1.82) is 0 Å². The van der Waals surface area contributed by atoms with Crippen molar-refractivity contribution in [2.45, 2.75) is 12.3 Å². The molecule has 1 amide bonds. The van der Waals surface area contributed by atoms with Crippen LogP contribution in [0.5, 0.6) is 0 Å². The fourth-order valence-corrected chi connectivity index (χ4v) is 4.17. The fraction of sp³-hybridized carbons (Fsp3) is 0.269. The summed E-state index contributed by atoms with van der Waals surface area (Å²) in [6, 6.07) is 28.7. The Balaban J connectivity index is 1.52. The molecule has 0 saturated carbocycles. The molecule has 0 atom stereocenters. The zero-order chi connectivity index (χ0) is 20.8. The van der Waals surface area contributed by atoms with Gasteiger partial charge in [0.15, 0.2) is 0 Å². The third-order valence-electron chi connectivity index (χ3n) is 5.93. The van der Waals surface area contributed by atoms with Gasteiger partial charge in [-0.2, -0.15) is 0 Å². The molecule has 2 N–H and O–H groups in total. The number of carbonyl (C=O) groups excluding carboxylic acids is 1. The van der Waals surface area contributed by atoms with Crippen LogP contribution in [0.4, 0.5) is 11.4 Å². The zero-order valence-electron chi connectivity index (χ0n) is 17.6. The summed E-state index contributed by atoms with van der Waals surface area (Å²) in [5.74, 6) is 0.0757. The summed E-state index contributed by atoms with van der Waals surface area (Å²) in [5, 5.41) is 3.20. The van der Waals surface area contributed by atoms with Gasteiger partial charge >= 0.3 is 0 Å². The van der Waals surface area contributed by atoms with Gasteiger partial charge in [-0.1, -0.05) is 72.8 Å². The molecule has 154 valence electrons. The van der Waals surface area contributed by atoms with Crippen LogP contribution >= 0.6 is 0 Å². The van der Waals surface area contributed by atoms with E-state index in [1.807, 2.05) is 54.6 Å². The molecule has 0 aromatic heterocycles. The number of piperazine rings is 1. The number of anilines is 2. The first-order valence-corrected chi connectivity index (χ1v) is 10.8. The van der Waals surface area contributed by atoms with Crippen LogP contribution in [0, 0.1) is 0 Å². The van der Waals surface area contributed by atoms with Gasteiger partial charge in [-0.3, -0.25) is 4.79 Å². The average Bonchev–Trinajstić information content (AvgIpc) is 2.80. The van der Waals surface area contributed by atoms with Gasteiger partial charge in [0.25, 0.3) is 0 Å². The van der Waals surface area contributed by atoms with Crippen molar-refractivity contribution in [2.75, 3.05) is 43.4 Å². The molecule has 1 saturated heterocycles. The molecule has 4 nitrogen and oxygen atoms in total. The largest absolute Gasteiger partial charge is 0.359 e. The van der Waals surface area contributed by atoms with E-state index < -0.39 is 0 Å². The van der Waals surface area contributed by atoms with Crippen LogP contribution in [0.1, 0.15) is 23.5 Å². The number of para-hydroxylation sites is 2. The molecular formula is C26H30N3O+. The third kappa shape index (κ3) is 4.89. The van der Waals surface area contributed by atoms with E-state index in [9.17, 15) is 4.79 Å². The van der Waals surface area contributed by atoms with E-state index in [4.69, 9.17) is 0 Å². The number of hydrogen-bond acceptors (Lipinski definition) is 2. The number of amides is 1. The van der Waals surface area contributed by atoms with Gasteiger partial charge in [-0.15, -0.1) is 0 Å². The van der Waals surface area contributed by atoms with E-state index in [1.54, 1.807) is 4.90 Å². The second kappa shape index (κ2) is 9.59. The van der Waals surface area contributed by atoms with Gasteiger partial charge in [0.1, 0.15) is 0 Å². The van der Waals surface area contributed by atoms with Crippen LogP contribution in [0.3, 0.4) is 0 Å². The van der Waals surface area contributed by atoms with Crippen LogP contribution in [0.15, 0.2) is 84.9 Å². The van der Waals surface area contributed by atoms with Gasteiger partial charge < -0.3 is 15.1 Å². The summed E-state index contributed by atoms with van der Waals surface area (Å²) in [4.78, 5) is 17.1. The number of hydrogen-bond donors (Lipinski definition) is 2. The molecule has 1 aliphatic heterocycles. The van der Waals surface area contributed by atoms with Crippen LogP contribution in [-0.4, -0.2) is 39.1 Å². The predicted molar refractivity (Wildman–Crippen MR) is 123 cm³/mol. The topological polar surface area (TPSA) is 36.8 Å². The summed E-state index contributed by atoms with van der Waals surface area (Å²) in [6.07, 6.45) is 0.412. The highest BCUT2D eigenvalue weighted by molar-refractivity contribution is 5.95. The summed E-state index contributed by atoms with van der Waals surface area (Å²) in [5.41, 5.74) is 4.35. The molecule has 4 rings (SSSR count). The Hall–Kier alpha value is -3.11. The Labute approximate surface area is 179 Å². The molecule has 3 aromatic rings. The predicted octanol–water partition coefficient (Wildman–Crippen LogP) is 3.18. The van der Waals surface area contributed by atoms with Gasteiger partial charge in [-0.05, 0) is 23.3 Å². The van der Waals surface area contributed by atoms with Crippen molar-refractivity contribution in [2.24, 2.45) is 0 Å². The average molecular weight is 401 g/mol. The van der Waals surface area contributed by atoms with Crippen LogP contribution < -0.4 is 15.1 Å². The highest BCUT2D eigenvalue weighted by Gasteiger charge is 2.22. The Morgan fingerprint density at radius 2 is 1.40 bits per heavy atom. The lowest BCUT2D eigenvalue weighted by molar-refractivity contribution is -0.880. The first kappa shape index (κ1) is 20.2. The minimum atomic E-state index is 0.0341. The van der Waals surface area contributed by atoms with Crippen molar-refractivity contribution in [3.63, 3.8) is 0 Å². The number of rotatable bonds is 6. The molecule has 1 aliphatic rings. The van der Waals surface area contributed by atoms with Gasteiger partial charge in [0.2, 0.25) is 5.91 Å². The van der Waals surface area contributed by atoms with Crippen LogP contribution in [0.2, 0.25) is 0 Å². The molecule has 0 bridgehead atoms. The maximum atomic E-state index is 13.1. The molecule has 0 spiro atoms. The van der Waals surface area contributed by atoms with Gasteiger partial charge in [-0.25, -0.2) is 0 Å². The molecule has 4 heteroatoms. The van der Waals surface area contributed by atoms with Gasteiger partial charge in [0, 0.05) is 12.3 Å². The number of nitrogens with zero attached hydrogens (tertiary/aromatic N) is 1. The van der Waals surface area contributed by atoms with E-state index in [-0.39, 0.29) is 11.8 Å². The number of nitrogens with one attached hydrogen (secondary N) is 2. The van der Waals surface area contributed by atoms with E-state index in [0.29, 0.717) is 6.42 Å². The minimum Gasteiger partial charge on any atom is -0.359 e. The number of quaternary nitrogens is 1. The second-order valence-corrected chi connectivity index (χ2v) is 8.09. The molecule has 1 fully saturated rings. The molecule has 3 aromatic carbocycles. The lowest BCUT2D eigenvalue weighted by Gasteiger charge is -2.33. The lowest BCUT2D eigenvalue weighted by Crippen LogP contribution is -3.12. The standard InChI is InChI=1S/C26H29N3O/c1-28-16-18-29(19-17-28)25-15-9-8-14-24(25)27-26(30)20-23(21-10-4-2-5-11-21)22-12-6-3-7-13-22/h2-15,23H,16-20H2,1H3,(H,27,30)/p+1. The molecule has 0 aliphatic carbocycles. The molecule has 0 unspecified atom stereocenters. The number of likely N-dealkylation sites (N-methyl/N-ethyl adjacent to an activating group) is 1. The maximum absolute atomic E-state index is 13.1. The van der Waals surface area contributed by atoms with Crippen molar-refractivity contribution in [3.8, 4) is 0 Å². The Bertz CT molecular complexity index is 911. The summed E-state index contributed by atoms with van der Waals surface area (Å²) < 4.78 is 0. The Morgan fingerprint density at radius 3 is 2.00 bits per heavy atom. The molecular weight excluding hydrogens is 370 g/mol. The van der Waals surface area contributed by atoms with E-state index in [0.717, 1.165) is 48.7 Å². The SMILES string of the molecule is C[NH+]1CCN(c2ccccc2NC(=O)CC(c2ccccc2)c2ccccc2)CC1. The van der Waals surface area contributed by atoms with Gasteiger partial charge in [0.05, 0.1) is 44.6 Å². The summed E-state index contributed by atoms with van der Waals surface area (Å²) in [7, 11) is 2.23. The monoisotopic (exact) mass is 400 g/mol. The van der Waals surface area contributed by atoms with E-state index in [2.05, 4.69) is 47.6 Å². The third-order valence-corrected chi connectivity index (χ3v) is 5.93. The molecule has 0 radical (unpaired) electrons. The quantitative estimate of drug-likeness (QED) is 0.667. The first-order chi connectivity index (χ1) is 14.7. The first-order valence-electron chi connectivity index (χ1n) is 10.8. The van der Waals surface area contributed by atoms with Crippen LogP contribution in [0.25, 0.3) is 0 Å². The lowest BCUT2D eigenvalue weighted by atomic mass is 9.88. The summed E-state index contributed by atoms with van der Waals surface area (Å²) >= 11 is 0. The van der Waals surface area contributed by atoms with Crippen molar-refractivity contribution in [1.82, 2.24) is 0 Å². The summed E-state index contributed by atoms with van der Waals surface area (Å²) in [6.45, 7) is 4.25.